The minimum absolute atomic E-state index is 0.0535. The van der Waals surface area contributed by atoms with Gasteiger partial charge in [-0.3, -0.25) is 10.2 Å². The quantitative estimate of drug-likeness (QED) is 0.732. The summed E-state index contributed by atoms with van der Waals surface area (Å²) in [7, 11) is 1.67. The summed E-state index contributed by atoms with van der Waals surface area (Å²) in [6.07, 6.45) is 1.15. The van der Waals surface area contributed by atoms with Gasteiger partial charge in [-0.25, -0.2) is 9.82 Å². The highest BCUT2D eigenvalue weighted by atomic mass is 19.1. The van der Waals surface area contributed by atoms with Crippen molar-refractivity contribution in [3.63, 3.8) is 0 Å². The minimum atomic E-state index is -0.377. The summed E-state index contributed by atoms with van der Waals surface area (Å²) in [5, 5.41) is 3.18. The number of fused-ring (bicyclic) bond motifs is 1. The standard InChI is InChI=1S/C18H24FN3O3/c1-24-9-13-15(11-6-7-25-17(11)13)21-18(23)12-8-20-22-16(12)10-4-2-3-5-14(10)19/h2-5,11-13,15-17,20,22H,6-9H2,1H3,(H,21,23)/t11-,12?,13+,15-,16?,17-/m1/s1. The van der Waals surface area contributed by atoms with Crippen molar-refractivity contribution in [3.05, 3.63) is 35.6 Å². The van der Waals surface area contributed by atoms with Crippen LogP contribution in [0.2, 0.25) is 0 Å². The number of nitrogens with one attached hydrogen (secondary N) is 3. The molecule has 7 heteroatoms. The maximum atomic E-state index is 14.1. The second kappa shape index (κ2) is 6.99. The smallest absolute Gasteiger partial charge is 0.226 e. The number of hydrogen-bond donors (Lipinski definition) is 3. The summed E-state index contributed by atoms with van der Waals surface area (Å²) in [5.74, 6) is -0.163. The first-order valence-corrected chi connectivity index (χ1v) is 8.84. The number of hydrogen-bond acceptors (Lipinski definition) is 5. The zero-order chi connectivity index (χ0) is 17.4. The van der Waals surface area contributed by atoms with E-state index < -0.39 is 0 Å². The third kappa shape index (κ3) is 2.95. The SMILES string of the molecule is COC[C@H]1[C@H](NC(=O)C2CNNC2c2ccccc2F)[C@H]2CCO[C@H]21. The average Bonchev–Trinajstić information content (AvgIpc) is 3.25. The van der Waals surface area contributed by atoms with Crippen molar-refractivity contribution < 1.29 is 18.7 Å². The molecule has 2 saturated heterocycles. The zero-order valence-electron chi connectivity index (χ0n) is 14.2. The molecule has 6 nitrogen and oxygen atoms in total. The molecular weight excluding hydrogens is 325 g/mol. The van der Waals surface area contributed by atoms with Crippen LogP contribution in [0.1, 0.15) is 18.0 Å². The number of hydrazine groups is 1. The minimum Gasteiger partial charge on any atom is -0.384 e. The van der Waals surface area contributed by atoms with Gasteiger partial charge in [0, 0.05) is 43.7 Å². The molecule has 1 aliphatic carbocycles. The molecule has 0 spiro atoms. The molecule has 0 bridgehead atoms. The number of ether oxygens (including phenoxy) is 2. The van der Waals surface area contributed by atoms with E-state index in [1.54, 1.807) is 25.3 Å². The molecule has 2 aliphatic heterocycles. The molecule has 4 rings (SSSR count). The van der Waals surface area contributed by atoms with Gasteiger partial charge in [0.2, 0.25) is 5.91 Å². The fourth-order valence-corrected chi connectivity index (χ4v) is 4.47. The summed E-state index contributed by atoms with van der Waals surface area (Å²) in [4.78, 5) is 12.9. The van der Waals surface area contributed by atoms with Crippen molar-refractivity contribution in [1.82, 2.24) is 16.2 Å². The van der Waals surface area contributed by atoms with Crippen LogP contribution in [0.3, 0.4) is 0 Å². The molecule has 6 atom stereocenters. The number of halogens is 1. The van der Waals surface area contributed by atoms with Crippen molar-refractivity contribution in [2.24, 2.45) is 17.8 Å². The van der Waals surface area contributed by atoms with Crippen LogP contribution in [0, 0.1) is 23.6 Å². The monoisotopic (exact) mass is 349 g/mol. The molecule has 1 aromatic carbocycles. The molecule has 3 N–H and O–H groups in total. The molecule has 0 radical (unpaired) electrons. The van der Waals surface area contributed by atoms with Gasteiger partial charge in [0.15, 0.2) is 0 Å². The third-order valence-electron chi connectivity index (χ3n) is 5.76. The van der Waals surface area contributed by atoms with E-state index in [1.807, 2.05) is 0 Å². The largest absolute Gasteiger partial charge is 0.384 e. The Morgan fingerprint density at radius 3 is 3.08 bits per heavy atom. The van der Waals surface area contributed by atoms with Crippen LogP contribution in [0.4, 0.5) is 4.39 Å². The van der Waals surface area contributed by atoms with Crippen LogP contribution >= 0.6 is 0 Å². The van der Waals surface area contributed by atoms with E-state index >= 15 is 0 Å². The Bertz CT molecular complexity index is 644. The van der Waals surface area contributed by atoms with Crippen LogP contribution in [0.25, 0.3) is 0 Å². The zero-order valence-corrected chi connectivity index (χ0v) is 14.2. The van der Waals surface area contributed by atoms with E-state index in [9.17, 15) is 9.18 Å². The predicted molar refractivity (Wildman–Crippen MR) is 88.9 cm³/mol. The van der Waals surface area contributed by atoms with Gasteiger partial charge in [0.05, 0.1) is 24.7 Å². The second-order valence-electron chi connectivity index (χ2n) is 7.07. The van der Waals surface area contributed by atoms with E-state index in [2.05, 4.69) is 16.2 Å². The van der Waals surface area contributed by atoms with Crippen LogP contribution in [0.5, 0.6) is 0 Å². The Kier molecular flexibility index (Phi) is 4.73. The first-order chi connectivity index (χ1) is 12.2. The van der Waals surface area contributed by atoms with Crippen molar-refractivity contribution in [2.75, 3.05) is 26.9 Å². The summed E-state index contributed by atoms with van der Waals surface area (Å²) in [5.41, 5.74) is 6.54. The fraction of sp³-hybridized carbons (Fsp3) is 0.611. The molecule has 3 aliphatic rings. The van der Waals surface area contributed by atoms with Crippen LogP contribution < -0.4 is 16.2 Å². The molecule has 2 heterocycles. The average molecular weight is 349 g/mol. The molecule has 1 amide bonds. The Labute approximate surface area is 146 Å². The summed E-state index contributed by atoms with van der Waals surface area (Å²) >= 11 is 0. The van der Waals surface area contributed by atoms with Crippen molar-refractivity contribution in [3.8, 4) is 0 Å². The van der Waals surface area contributed by atoms with Crippen molar-refractivity contribution >= 4 is 5.91 Å². The maximum absolute atomic E-state index is 14.1. The summed E-state index contributed by atoms with van der Waals surface area (Å²) < 4.78 is 25.2. The lowest BCUT2D eigenvalue weighted by Gasteiger charge is -2.47. The van der Waals surface area contributed by atoms with E-state index in [-0.39, 0.29) is 41.7 Å². The maximum Gasteiger partial charge on any atom is 0.226 e. The lowest BCUT2D eigenvalue weighted by molar-refractivity contribution is -0.133. The normalized spacial score (nSPS) is 36.7. The Hall–Kier alpha value is -1.54. The molecule has 2 unspecified atom stereocenters. The number of carbonyl (C=O) groups excluding carboxylic acids is 1. The molecule has 136 valence electrons. The van der Waals surface area contributed by atoms with E-state index in [1.165, 1.54) is 6.07 Å². The molecule has 3 fully saturated rings. The number of amides is 1. The van der Waals surface area contributed by atoms with Crippen LogP contribution in [-0.4, -0.2) is 44.9 Å². The first kappa shape index (κ1) is 16.9. The number of carbonyl (C=O) groups is 1. The number of benzene rings is 1. The Balaban J connectivity index is 1.46. The van der Waals surface area contributed by atoms with E-state index in [0.29, 0.717) is 24.6 Å². The first-order valence-electron chi connectivity index (χ1n) is 8.84. The molecule has 25 heavy (non-hydrogen) atoms. The van der Waals surface area contributed by atoms with Gasteiger partial charge < -0.3 is 14.8 Å². The third-order valence-corrected chi connectivity index (χ3v) is 5.76. The summed E-state index contributed by atoms with van der Waals surface area (Å²) in [6, 6.07) is 6.28. The molecule has 0 aromatic heterocycles. The highest BCUT2D eigenvalue weighted by Crippen LogP contribution is 2.44. The van der Waals surface area contributed by atoms with Gasteiger partial charge in [0.25, 0.3) is 0 Å². The van der Waals surface area contributed by atoms with Gasteiger partial charge in [-0.1, -0.05) is 18.2 Å². The highest BCUT2D eigenvalue weighted by molar-refractivity contribution is 5.80. The fourth-order valence-electron chi connectivity index (χ4n) is 4.47. The predicted octanol–water partition coefficient (Wildman–Crippen LogP) is 0.757. The Morgan fingerprint density at radius 2 is 2.28 bits per heavy atom. The Morgan fingerprint density at radius 1 is 1.44 bits per heavy atom. The van der Waals surface area contributed by atoms with Gasteiger partial charge in [-0.05, 0) is 12.5 Å². The number of methoxy groups -OCH3 is 1. The summed E-state index contributed by atoms with van der Waals surface area (Å²) in [6.45, 7) is 1.79. The van der Waals surface area contributed by atoms with Crippen LogP contribution in [-0.2, 0) is 14.3 Å². The van der Waals surface area contributed by atoms with Gasteiger partial charge in [0.1, 0.15) is 5.82 Å². The van der Waals surface area contributed by atoms with E-state index in [0.717, 1.165) is 13.0 Å². The molecule has 1 aromatic rings. The molecular formula is C18H24FN3O3. The van der Waals surface area contributed by atoms with Crippen molar-refractivity contribution in [1.29, 1.82) is 0 Å². The van der Waals surface area contributed by atoms with Gasteiger partial charge >= 0.3 is 0 Å². The lowest BCUT2D eigenvalue weighted by Crippen LogP contribution is -2.63. The van der Waals surface area contributed by atoms with E-state index in [4.69, 9.17) is 9.47 Å². The van der Waals surface area contributed by atoms with Crippen molar-refractivity contribution in [2.45, 2.75) is 24.6 Å². The second-order valence-corrected chi connectivity index (χ2v) is 7.07. The van der Waals surface area contributed by atoms with Crippen LogP contribution in [0.15, 0.2) is 24.3 Å². The van der Waals surface area contributed by atoms with Gasteiger partial charge in [-0.2, -0.15) is 0 Å². The topological polar surface area (TPSA) is 71.6 Å². The number of rotatable bonds is 5. The highest BCUT2D eigenvalue weighted by Gasteiger charge is 2.54. The lowest BCUT2D eigenvalue weighted by atomic mass is 9.67. The van der Waals surface area contributed by atoms with Gasteiger partial charge in [-0.15, -0.1) is 0 Å². The molecule has 1 saturated carbocycles.